The van der Waals surface area contributed by atoms with Gasteiger partial charge < -0.3 is 4.55 Å². The van der Waals surface area contributed by atoms with Crippen LogP contribution in [0, 0.1) is 0 Å². The van der Waals surface area contributed by atoms with Crippen molar-refractivity contribution in [1.82, 2.24) is 10.5 Å². The van der Waals surface area contributed by atoms with Gasteiger partial charge in [-0.3, -0.25) is 0 Å². The molecule has 1 heterocycles. The number of allylic oxidation sites excluding steroid dienone is 1. The predicted octanol–water partition coefficient (Wildman–Crippen LogP) is 0.800. The molecule has 0 fully saturated rings. The highest BCUT2D eigenvalue weighted by Crippen LogP contribution is 2.20. The lowest BCUT2D eigenvalue weighted by Gasteiger charge is -2.20. The molecule has 0 saturated heterocycles. The van der Waals surface area contributed by atoms with Gasteiger partial charge >= 0.3 is 5.51 Å². The third kappa shape index (κ3) is 6.43. The second-order valence-electron chi connectivity index (χ2n) is 3.57. The molecule has 0 aliphatic carbocycles. The van der Waals surface area contributed by atoms with Crippen molar-refractivity contribution in [2.75, 3.05) is 13.1 Å². The number of rotatable bonds is 2. The lowest BCUT2D eigenvalue weighted by molar-refractivity contribution is -0.609. The number of halogens is 3. The largest absolute Gasteiger partial charge is 0.741 e. The van der Waals surface area contributed by atoms with Gasteiger partial charge in [0.2, 0.25) is 0 Å². The second kappa shape index (κ2) is 6.75. The second-order valence-corrected chi connectivity index (χ2v) is 4.95. The topological polar surface area (TPSA) is 75.5 Å². The first-order chi connectivity index (χ1) is 8.51. The van der Waals surface area contributed by atoms with E-state index in [9.17, 15) is 13.2 Å². The lowest BCUT2D eigenvalue weighted by Crippen LogP contribution is -2.44. The molecule has 0 aromatic carbocycles. The maximum atomic E-state index is 10.7. The Hall–Kier alpha value is -1.29. The molecule has 10 heteroatoms. The first-order valence-corrected chi connectivity index (χ1v) is 6.77. The van der Waals surface area contributed by atoms with Crippen LogP contribution < -0.4 is 5.53 Å². The molecule has 0 aromatic heterocycles. The third-order valence-electron chi connectivity index (χ3n) is 1.94. The molecular formula is C9H16F3N3O3S. The standard InChI is InChI=1S/C8H16N3.CHF3O3S/c1-4-10-6-8(3)7-11(5-2)9-10;2-1(3,4)8(5,6)7/h6-7,9H,4-5H2,1-3H3;(H,5,6,7)/q+1;/p-1. The van der Waals surface area contributed by atoms with Gasteiger partial charge in [-0.25, -0.2) is 13.4 Å². The molecule has 1 rings (SSSR count). The van der Waals surface area contributed by atoms with Crippen LogP contribution >= 0.6 is 0 Å². The molecule has 0 radical (unpaired) electrons. The summed E-state index contributed by atoms with van der Waals surface area (Å²) < 4.78 is 61.0. The van der Waals surface area contributed by atoms with Gasteiger partial charge in [0.25, 0.3) is 0 Å². The van der Waals surface area contributed by atoms with Gasteiger partial charge in [0.15, 0.2) is 22.9 Å². The van der Waals surface area contributed by atoms with Crippen molar-refractivity contribution in [3.63, 3.8) is 0 Å². The Balaban J connectivity index is 0.000000362. The maximum Gasteiger partial charge on any atom is 0.485 e. The van der Waals surface area contributed by atoms with Crippen LogP contribution in [0.25, 0.3) is 0 Å². The molecule has 0 spiro atoms. The Kier molecular flexibility index (Phi) is 6.30. The SMILES string of the molecule is CCN1C=C(C)C=[N+](CC)N1.O=S(=O)([O-])C(F)(F)F. The average molecular weight is 303 g/mol. The van der Waals surface area contributed by atoms with Gasteiger partial charge in [-0.15, -0.1) is 10.2 Å². The molecule has 1 aliphatic rings. The van der Waals surface area contributed by atoms with Crippen molar-refractivity contribution in [3.05, 3.63) is 11.8 Å². The van der Waals surface area contributed by atoms with E-state index in [0.717, 1.165) is 13.1 Å². The fourth-order valence-corrected chi connectivity index (χ4v) is 1.07. The number of nitrogens with one attached hydrogen (secondary N) is 1. The molecule has 0 bridgehead atoms. The van der Waals surface area contributed by atoms with Gasteiger partial charge in [-0.1, -0.05) is 0 Å². The average Bonchev–Trinajstić information content (AvgIpc) is 2.26. The fraction of sp³-hybridized carbons (Fsp3) is 0.667. The molecule has 6 nitrogen and oxygen atoms in total. The van der Waals surface area contributed by atoms with Gasteiger partial charge in [0.05, 0.1) is 0 Å². The van der Waals surface area contributed by atoms with E-state index in [-0.39, 0.29) is 0 Å². The van der Waals surface area contributed by atoms with E-state index in [1.807, 2.05) is 0 Å². The molecule has 0 unspecified atom stereocenters. The molecular weight excluding hydrogens is 287 g/mol. The van der Waals surface area contributed by atoms with Gasteiger partial charge in [0.1, 0.15) is 0 Å². The van der Waals surface area contributed by atoms with E-state index in [1.54, 1.807) is 0 Å². The summed E-state index contributed by atoms with van der Waals surface area (Å²) >= 11 is 0. The Morgan fingerprint density at radius 1 is 1.42 bits per heavy atom. The number of alkyl halides is 3. The van der Waals surface area contributed by atoms with Crippen LogP contribution in [-0.2, 0) is 10.1 Å². The highest BCUT2D eigenvalue weighted by atomic mass is 32.2. The normalized spacial score (nSPS) is 15.8. The highest BCUT2D eigenvalue weighted by Gasteiger charge is 2.36. The summed E-state index contributed by atoms with van der Waals surface area (Å²) in [6.45, 7) is 8.32. The minimum absolute atomic E-state index is 0.988. The van der Waals surface area contributed by atoms with Gasteiger partial charge in [-0.05, 0) is 20.8 Å². The van der Waals surface area contributed by atoms with E-state index < -0.39 is 15.6 Å². The molecule has 0 amide bonds. The lowest BCUT2D eigenvalue weighted by atomic mass is 10.3. The van der Waals surface area contributed by atoms with Crippen LogP contribution in [0.2, 0.25) is 0 Å². The minimum Gasteiger partial charge on any atom is -0.741 e. The number of nitrogens with zero attached hydrogens (tertiary/aromatic N) is 2. The number of hydrogen-bond donors (Lipinski definition) is 1. The molecule has 0 saturated carbocycles. The zero-order chi connectivity index (χ0) is 15.3. The van der Waals surface area contributed by atoms with Crippen LogP contribution in [-0.4, -0.2) is 47.5 Å². The molecule has 1 aliphatic heterocycles. The molecule has 112 valence electrons. The van der Waals surface area contributed by atoms with Crippen LogP contribution in [0.3, 0.4) is 0 Å². The summed E-state index contributed by atoms with van der Waals surface area (Å²) in [6.07, 6.45) is 4.21. The van der Waals surface area contributed by atoms with Crippen molar-refractivity contribution in [1.29, 1.82) is 0 Å². The van der Waals surface area contributed by atoms with E-state index in [0.29, 0.717) is 0 Å². The van der Waals surface area contributed by atoms with E-state index in [2.05, 4.69) is 48.4 Å². The minimum atomic E-state index is -6.09. The van der Waals surface area contributed by atoms with Gasteiger partial charge in [-0.2, -0.15) is 13.2 Å². The Labute approximate surface area is 109 Å². The summed E-state index contributed by atoms with van der Waals surface area (Å²) in [4.78, 5) is 0. The smallest absolute Gasteiger partial charge is 0.485 e. The summed E-state index contributed by atoms with van der Waals surface area (Å²) in [7, 11) is -6.09. The summed E-state index contributed by atoms with van der Waals surface area (Å²) in [5, 5.41) is 2.07. The van der Waals surface area contributed by atoms with E-state index in [4.69, 9.17) is 13.0 Å². The van der Waals surface area contributed by atoms with Crippen molar-refractivity contribution in [2.24, 2.45) is 0 Å². The molecule has 0 aromatic rings. The van der Waals surface area contributed by atoms with Crippen LogP contribution in [0.5, 0.6) is 0 Å². The van der Waals surface area contributed by atoms with Crippen molar-refractivity contribution in [2.45, 2.75) is 26.3 Å². The fourth-order valence-electron chi connectivity index (χ4n) is 1.07. The van der Waals surface area contributed by atoms with Crippen molar-refractivity contribution in [3.8, 4) is 0 Å². The first kappa shape index (κ1) is 17.7. The summed E-state index contributed by atoms with van der Waals surface area (Å²) in [6, 6.07) is 0. The van der Waals surface area contributed by atoms with Crippen molar-refractivity contribution >= 4 is 16.3 Å². The number of hydrazine groups is 2. The zero-order valence-electron chi connectivity index (χ0n) is 10.7. The van der Waals surface area contributed by atoms with E-state index in [1.165, 1.54) is 5.57 Å². The zero-order valence-corrected chi connectivity index (χ0v) is 11.5. The van der Waals surface area contributed by atoms with Gasteiger partial charge in [0, 0.05) is 18.3 Å². The maximum absolute atomic E-state index is 10.7. The number of hydrogen-bond acceptors (Lipinski definition) is 5. The molecule has 0 atom stereocenters. The molecule has 1 N–H and O–H groups in total. The summed E-state index contributed by atoms with van der Waals surface area (Å²) in [5.74, 6) is 0. The monoisotopic (exact) mass is 303 g/mol. The highest BCUT2D eigenvalue weighted by molar-refractivity contribution is 7.86. The molecule has 19 heavy (non-hydrogen) atoms. The van der Waals surface area contributed by atoms with Crippen LogP contribution in [0.4, 0.5) is 13.2 Å². The quantitative estimate of drug-likeness (QED) is 0.464. The first-order valence-electron chi connectivity index (χ1n) is 5.36. The Bertz CT molecular complexity index is 457. The number of hydrazone groups is 1. The predicted molar refractivity (Wildman–Crippen MR) is 61.9 cm³/mol. The van der Waals surface area contributed by atoms with Crippen LogP contribution in [0.1, 0.15) is 20.8 Å². The Morgan fingerprint density at radius 2 is 1.89 bits per heavy atom. The third-order valence-corrected chi connectivity index (χ3v) is 2.51. The summed E-state index contributed by atoms with van der Waals surface area (Å²) in [5.41, 5.74) is -1.14. The van der Waals surface area contributed by atoms with Crippen LogP contribution in [0.15, 0.2) is 11.8 Å². The van der Waals surface area contributed by atoms with Crippen molar-refractivity contribution < 1.29 is 30.8 Å². The van der Waals surface area contributed by atoms with E-state index >= 15 is 0 Å². The Morgan fingerprint density at radius 3 is 2.21 bits per heavy atom.